The molecule has 0 aromatic heterocycles. The summed E-state index contributed by atoms with van der Waals surface area (Å²) in [6, 6.07) is 13.4. The average molecular weight is 569 g/mol. The quantitative estimate of drug-likeness (QED) is 0.0921. The molecule has 1 aliphatic rings. The highest BCUT2D eigenvalue weighted by molar-refractivity contribution is 5.92. The molecule has 3 rings (SSSR count). The van der Waals surface area contributed by atoms with Crippen molar-refractivity contribution in [2.75, 3.05) is 39.6 Å². The van der Waals surface area contributed by atoms with Crippen LogP contribution in [0.2, 0.25) is 0 Å². The summed E-state index contributed by atoms with van der Waals surface area (Å²) in [6.07, 6.45) is 10.5. The van der Waals surface area contributed by atoms with Gasteiger partial charge in [-0.1, -0.05) is 65.7 Å². The standard InChI is InChI=1S/C34H48O7/c1-4-27(2)23-40-32(35)28-15-19-31(20-16-28)41-33(36)29-13-17-30(18-14-29)39-22-12-10-8-6-5-7-9-11-21-37-24-34(3)25-38-26-34/h13-20,27H,4-12,21-26H2,1-3H3. The van der Waals surface area contributed by atoms with Crippen molar-refractivity contribution < 1.29 is 33.3 Å². The molecule has 2 aromatic carbocycles. The van der Waals surface area contributed by atoms with Gasteiger partial charge in [-0.05, 0) is 67.3 Å². The molecule has 0 bridgehead atoms. The van der Waals surface area contributed by atoms with Crippen LogP contribution in [0.3, 0.4) is 0 Å². The molecule has 1 heterocycles. The van der Waals surface area contributed by atoms with Crippen LogP contribution in [0.25, 0.3) is 0 Å². The van der Waals surface area contributed by atoms with Crippen molar-refractivity contribution in [1.82, 2.24) is 0 Å². The van der Waals surface area contributed by atoms with Gasteiger partial charge < -0.3 is 23.7 Å². The third-order valence-corrected chi connectivity index (χ3v) is 7.39. The Morgan fingerprint density at radius 3 is 1.88 bits per heavy atom. The van der Waals surface area contributed by atoms with Crippen molar-refractivity contribution in [3.05, 3.63) is 59.7 Å². The predicted molar refractivity (Wildman–Crippen MR) is 160 cm³/mol. The van der Waals surface area contributed by atoms with Crippen LogP contribution in [-0.2, 0) is 14.2 Å². The van der Waals surface area contributed by atoms with Crippen molar-refractivity contribution in [2.45, 2.75) is 78.6 Å². The molecule has 2 aromatic rings. The van der Waals surface area contributed by atoms with E-state index in [1.54, 1.807) is 48.5 Å². The van der Waals surface area contributed by atoms with E-state index in [1.807, 2.05) is 6.92 Å². The summed E-state index contributed by atoms with van der Waals surface area (Å²) in [4.78, 5) is 24.6. The van der Waals surface area contributed by atoms with Crippen LogP contribution < -0.4 is 9.47 Å². The zero-order valence-corrected chi connectivity index (χ0v) is 25.2. The monoisotopic (exact) mass is 568 g/mol. The van der Waals surface area contributed by atoms with Crippen LogP contribution in [0.5, 0.6) is 11.5 Å². The van der Waals surface area contributed by atoms with E-state index in [1.165, 1.54) is 32.1 Å². The first-order valence-electron chi connectivity index (χ1n) is 15.3. The summed E-state index contributed by atoms with van der Waals surface area (Å²) >= 11 is 0. The van der Waals surface area contributed by atoms with E-state index in [-0.39, 0.29) is 11.4 Å². The number of esters is 2. The van der Waals surface area contributed by atoms with Gasteiger partial charge in [0.05, 0.1) is 44.2 Å². The van der Waals surface area contributed by atoms with Gasteiger partial charge in [-0.3, -0.25) is 0 Å². The van der Waals surface area contributed by atoms with Gasteiger partial charge in [0.15, 0.2) is 0 Å². The molecule has 0 aliphatic carbocycles. The molecular weight excluding hydrogens is 520 g/mol. The van der Waals surface area contributed by atoms with Crippen LogP contribution in [-0.4, -0.2) is 51.6 Å². The predicted octanol–water partition coefficient (Wildman–Crippen LogP) is 7.66. The number of benzene rings is 2. The lowest BCUT2D eigenvalue weighted by Gasteiger charge is -2.37. The molecule has 1 saturated heterocycles. The second kappa shape index (κ2) is 17.8. The van der Waals surface area contributed by atoms with Gasteiger partial charge in [0.25, 0.3) is 0 Å². The summed E-state index contributed by atoms with van der Waals surface area (Å²) in [5, 5.41) is 0. The van der Waals surface area contributed by atoms with Gasteiger partial charge in [-0.2, -0.15) is 0 Å². The fraction of sp³-hybridized carbons (Fsp3) is 0.588. The SMILES string of the molecule is CCC(C)COC(=O)c1ccc(OC(=O)c2ccc(OCCCCCCCCCCOCC3(C)COC3)cc2)cc1. The fourth-order valence-electron chi connectivity index (χ4n) is 4.34. The number of rotatable bonds is 20. The van der Waals surface area contributed by atoms with E-state index >= 15 is 0 Å². The second-order valence-electron chi connectivity index (χ2n) is 11.6. The Morgan fingerprint density at radius 2 is 1.32 bits per heavy atom. The Balaban J connectivity index is 1.20. The summed E-state index contributed by atoms with van der Waals surface area (Å²) in [6.45, 7) is 10.7. The number of carbonyl (C=O) groups is 2. The van der Waals surface area contributed by atoms with E-state index in [4.69, 9.17) is 23.7 Å². The van der Waals surface area contributed by atoms with Crippen LogP contribution >= 0.6 is 0 Å². The van der Waals surface area contributed by atoms with E-state index in [2.05, 4.69) is 13.8 Å². The average Bonchev–Trinajstić information content (AvgIpc) is 2.97. The third-order valence-electron chi connectivity index (χ3n) is 7.39. The highest BCUT2D eigenvalue weighted by Gasteiger charge is 2.33. The second-order valence-corrected chi connectivity index (χ2v) is 11.6. The van der Waals surface area contributed by atoms with Crippen molar-refractivity contribution in [1.29, 1.82) is 0 Å². The Hall–Kier alpha value is -2.90. The summed E-state index contributed by atoms with van der Waals surface area (Å²) in [7, 11) is 0. The maximum absolute atomic E-state index is 12.5. The normalized spacial score (nSPS) is 14.6. The third kappa shape index (κ3) is 12.2. The summed E-state index contributed by atoms with van der Waals surface area (Å²) in [5.74, 6) is 0.584. The van der Waals surface area contributed by atoms with Gasteiger partial charge in [0.1, 0.15) is 11.5 Å². The Kier molecular flexibility index (Phi) is 14.2. The van der Waals surface area contributed by atoms with Gasteiger partial charge >= 0.3 is 11.9 Å². The highest BCUT2D eigenvalue weighted by Crippen LogP contribution is 2.26. The smallest absolute Gasteiger partial charge is 0.343 e. The first-order valence-corrected chi connectivity index (χ1v) is 15.3. The molecule has 0 saturated carbocycles. The van der Waals surface area contributed by atoms with Crippen LogP contribution in [0.1, 0.15) is 99.3 Å². The molecule has 0 amide bonds. The minimum Gasteiger partial charge on any atom is -0.494 e. The number of hydrogen-bond acceptors (Lipinski definition) is 7. The number of unbranched alkanes of at least 4 members (excludes halogenated alkanes) is 7. The van der Waals surface area contributed by atoms with E-state index in [0.717, 1.165) is 57.9 Å². The molecule has 7 nitrogen and oxygen atoms in total. The first-order chi connectivity index (χ1) is 19.9. The van der Waals surface area contributed by atoms with E-state index < -0.39 is 5.97 Å². The molecule has 0 radical (unpaired) electrons. The van der Waals surface area contributed by atoms with Gasteiger partial charge in [0, 0.05) is 12.0 Å². The topological polar surface area (TPSA) is 80.3 Å². The molecule has 41 heavy (non-hydrogen) atoms. The van der Waals surface area contributed by atoms with E-state index in [9.17, 15) is 9.59 Å². The molecular formula is C34H48O7. The van der Waals surface area contributed by atoms with Crippen LogP contribution in [0.4, 0.5) is 0 Å². The maximum Gasteiger partial charge on any atom is 0.343 e. The lowest BCUT2D eigenvalue weighted by molar-refractivity contribution is -0.137. The van der Waals surface area contributed by atoms with Crippen molar-refractivity contribution in [3.8, 4) is 11.5 Å². The molecule has 1 fully saturated rings. The Labute approximate surface area is 245 Å². The molecule has 0 N–H and O–H groups in total. The molecule has 1 atom stereocenters. The number of hydrogen-bond donors (Lipinski definition) is 0. The Bertz CT molecular complexity index is 1030. The van der Waals surface area contributed by atoms with E-state index in [0.29, 0.717) is 36.0 Å². The minimum absolute atomic E-state index is 0.253. The van der Waals surface area contributed by atoms with Crippen molar-refractivity contribution in [3.63, 3.8) is 0 Å². The van der Waals surface area contributed by atoms with Crippen molar-refractivity contribution in [2.24, 2.45) is 11.3 Å². The zero-order chi connectivity index (χ0) is 29.3. The number of ether oxygens (including phenoxy) is 5. The maximum atomic E-state index is 12.5. The molecule has 7 heteroatoms. The lowest BCUT2D eigenvalue weighted by Crippen LogP contribution is -2.43. The Morgan fingerprint density at radius 1 is 0.780 bits per heavy atom. The van der Waals surface area contributed by atoms with Crippen LogP contribution in [0.15, 0.2) is 48.5 Å². The lowest BCUT2D eigenvalue weighted by atomic mass is 9.90. The highest BCUT2D eigenvalue weighted by atomic mass is 16.5. The molecule has 0 spiro atoms. The largest absolute Gasteiger partial charge is 0.494 e. The summed E-state index contributed by atoms with van der Waals surface area (Å²) < 4.78 is 27.6. The zero-order valence-electron chi connectivity index (χ0n) is 25.2. The fourth-order valence-corrected chi connectivity index (χ4v) is 4.34. The van der Waals surface area contributed by atoms with Gasteiger partial charge in [-0.15, -0.1) is 0 Å². The molecule has 1 unspecified atom stereocenters. The van der Waals surface area contributed by atoms with Gasteiger partial charge in [0.2, 0.25) is 0 Å². The first kappa shape index (κ1) is 32.6. The van der Waals surface area contributed by atoms with Crippen LogP contribution in [0, 0.1) is 11.3 Å². The summed E-state index contributed by atoms with van der Waals surface area (Å²) in [5.41, 5.74) is 1.11. The van der Waals surface area contributed by atoms with Crippen molar-refractivity contribution >= 4 is 11.9 Å². The molecule has 1 aliphatic heterocycles. The minimum atomic E-state index is -0.464. The number of carbonyl (C=O) groups excluding carboxylic acids is 2. The van der Waals surface area contributed by atoms with Gasteiger partial charge in [-0.25, -0.2) is 9.59 Å². The molecule has 226 valence electrons.